The topological polar surface area (TPSA) is 0 Å². The lowest BCUT2D eigenvalue weighted by Crippen LogP contribution is -2.07. The van der Waals surface area contributed by atoms with Gasteiger partial charge in [-0.25, -0.2) is 0 Å². The number of rotatable bonds is 3. The predicted octanol–water partition coefficient (Wildman–Crippen LogP) is 5.62. The molecular weight excluding hydrogens is 344 g/mol. The minimum atomic E-state index is 0.553. The quantitative estimate of drug-likeness (QED) is 0.622. The molecule has 0 amide bonds. The second-order valence-corrected chi connectivity index (χ2v) is 7.97. The Morgan fingerprint density at radius 3 is 2.86 bits per heavy atom. The summed E-state index contributed by atoms with van der Waals surface area (Å²) in [7, 11) is 0. The van der Waals surface area contributed by atoms with Crippen molar-refractivity contribution in [1.82, 2.24) is 0 Å². The first kappa shape index (κ1) is 13.8. The van der Waals surface area contributed by atoms with Crippen LogP contribution in [0.1, 0.15) is 29.0 Å². The highest BCUT2D eigenvalue weighted by Gasteiger charge is 2.55. The monoisotopic (exact) mass is 360 g/mol. The van der Waals surface area contributed by atoms with Crippen LogP contribution in [0, 0.1) is 11.8 Å². The van der Waals surface area contributed by atoms with Crippen molar-refractivity contribution in [1.29, 1.82) is 0 Å². The lowest BCUT2D eigenvalue weighted by atomic mass is 9.92. The number of aryl methyl sites for hydroxylation is 1. The van der Waals surface area contributed by atoms with E-state index in [-0.39, 0.29) is 0 Å². The maximum atomic E-state index is 6.10. The highest BCUT2D eigenvalue weighted by molar-refractivity contribution is 9.09. The van der Waals surface area contributed by atoms with Gasteiger partial charge in [-0.1, -0.05) is 63.9 Å². The van der Waals surface area contributed by atoms with E-state index in [0.29, 0.717) is 4.83 Å². The Hall–Kier alpha value is -0.790. The first-order chi connectivity index (χ1) is 10.2. The summed E-state index contributed by atoms with van der Waals surface area (Å²) in [6, 6.07) is 17.3. The van der Waals surface area contributed by atoms with Gasteiger partial charge in [-0.05, 0) is 65.8 Å². The number of alkyl halides is 1. The Balaban J connectivity index is 1.52. The molecule has 4 atom stereocenters. The minimum absolute atomic E-state index is 0.553. The molecule has 0 N–H and O–H groups in total. The van der Waals surface area contributed by atoms with Crippen LogP contribution >= 0.6 is 27.5 Å². The SMILES string of the molecule is Clc1cccc(CC(Br)C2C3CCc4ccccc4C32)c1. The standard InChI is InChI=1S/C19H18BrCl/c20-17(11-12-4-3-6-14(21)10-12)19-16-9-8-13-5-1-2-7-15(13)18(16)19/h1-7,10,16-19H,8-9,11H2. The molecule has 2 aliphatic carbocycles. The van der Waals surface area contributed by atoms with Gasteiger partial charge in [-0.15, -0.1) is 0 Å². The smallest absolute Gasteiger partial charge is 0.0408 e. The fourth-order valence-corrected chi connectivity index (χ4v) is 5.45. The third-order valence-electron chi connectivity index (χ3n) is 5.13. The van der Waals surface area contributed by atoms with Crippen LogP contribution in [0.3, 0.4) is 0 Å². The summed E-state index contributed by atoms with van der Waals surface area (Å²) in [5.74, 6) is 2.44. The molecule has 1 saturated carbocycles. The van der Waals surface area contributed by atoms with Gasteiger partial charge in [0.05, 0.1) is 0 Å². The zero-order chi connectivity index (χ0) is 14.4. The van der Waals surface area contributed by atoms with Crippen LogP contribution in [-0.4, -0.2) is 4.83 Å². The Morgan fingerprint density at radius 2 is 2.00 bits per heavy atom. The highest BCUT2D eigenvalue weighted by atomic mass is 79.9. The van der Waals surface area contributed by atoms with Gasteiger partial charge in [-0.3, -0.25) is 0 Å². The second kappa shape index (κ2) is 5.44. The van der Waals surface area contributed by atoms with Crippen molar-refractivity contribution in [2.45, 2.75) is 30.0 Å². The molecule has 0 bridgehead atoms. The van der Waals surface area contributed by atoms with Crippen LogP contribution in [0.25, 0.3) is 0 Å². The molecule has 108 valence electrons. The summed E-state index contributed by atoms with van der Waals surface area (Å²) in [6.07, 6.45) is 3.68. The van der Waals surface area contributed by atoms with Gasteiger partial charge in [-0.2, -0.15) is 0 Å². The van der Waals surface area contributed by atoms with Crippen molar-refractivity contribution in [3.8, 4) is 0 Å². The predicted molar refractivity (Wildman–Crippen MR) is 92.4 cm³/mol. The van der Waals surface area contributed by atoms with Gasteiger partial charge in [0, 0.05) is 9.85 Å². The average Bonchev–Trinajstić information content (AvgIpc) is 3.22. The molecule has 2 aromatic rings. The summed E-state index contributed by atoms with van der Waals surface area (Å²) < 4.78 is 0. The van der Waals surface area contributed by atoms with Crippen LogP contribution in [0.5, 0.6) is 0 Å². The van der Waals surface area contributed by atoms with E-state index in [1.165, 1.54) is 18.4 Å². The molecule has 1 fully saturated rings. The normalized spacial score (nSPS) is 27.6. The molecule has 0 aromatic heterocycles. The maximum Gasteiger partial charge on any atom is 0.0408 e. The first-order valence-corrected chi connectivity index (χ1v) is 9.00. The number of hydrogen-bond donors (Lipinski definition) is 0. The summed E-state index contributed by atoms with van der Waals surface area (Å²) >= 11 is 10.1. The van der Waals surface area contributed by atoms with E-state index >= 15 is 0 Å². The fraction of sp³-hybridized carbons (Fsp3) is 0.368. The van der Waals surface area contributed by atoms with Crippen LogP contribution in [-0.2, 0) is 12.8 Å². The van der Waals surface area contributed by atoms with Crippen molar-refractivity contribution >= 4 is 27.5 Å². The highest BCUT2D eigenvalue weighted by Crippen LogP contribution is 2.62. The molecule has 0 heterocycles. The van der Waals surface area contributed by atoms with Crippen molar-refractivity contribution in [2.75, 3.05) is 0 Å². The largest absolute Gasteiger partial charge is 0.0884 e. The first-order valence-electron chi connectivity index (χ1n) is 7.70. The molecule has 0 aliphatic heterocycles. The van der Waals surface area contributed by atoms with E-state index in [4.69, 9.17) is 11.6 Å². The second-order valence-electron chi connectivity index (χ2n) is 6.35. The number of fused-ring (bicyclic) bond motifs is 3. The van der Waals surface area contributed by atoms with Crippen LogP contribution in [0.15, 0.2) is 48.5 Å². The molecule has 2 heteroatoms. The van der Waals surface area contributed by atoms with Crippen LogP contribution in [0.4, 0.5) is 0 Å². The van der Waals surface area contributed by atoms with E-state index in [2.05, 4.69) is 52.3 Å². The van der Waals surface area contributed by atoms with E-state index in [1.54, 1.807) is 11.1 Å². The maximum absolute atomic E-state index is 6.10. The Bertz CT molecular complexity index is 666. The van der Waals surface area contributed by atoms with E-state index in [9.17, 15) is 0 Å². The lowest BCUT2D eigenvalue weighted by Gasteiger charge is -2.13. The van der Waals surface area contributed by atoms with Gasteiger partial charge >= 0.3 is 0 Å². The third kappa shape index (κ3) is 2.55. The van der Waals surface area contributed by atoms with Gasteiger partial charge in [0.2, 0.25) is 0 Å². The third-order valence-corrected chi connectivity index (χ3v) is 6.30. The molecule has 4 unspecified atom stereocenters. The van der Waals surface area contributed by atoms with Gasteiger partial charge in [0.1, 0.15) is 0 Å². The number of hydrogen-bond acceptors (Lipinski definition) is 0. The zero-order valence-electron chi connectivity index (χ0n) is 11.8. The molecule has 0 radical (unpaired) electrons. The number of halogens is 2. The van der Waals surface area contributed by atoms with Crippen molar-refractivity contribution < 1.29 is 0 Å². The molecule has 4 rings (SSSR count). The van der Waals surface area contributed by atoms with E-state index in [1.807, 2.05) is 12.1 Å². The Labute approximate surface area is 139 Å². The van der Waals surface area contributed by atoms with Gasteiger partial charge in [0.15, 0.2) is 0 Å². The van der Waals surface area contributed by atoms with Crippen molar-refractivity contribution in [3.63, 3.8) is 0 Å². The van der Waals surface area contributed by atoms with Crippen LogP contribution in [0.2, 0.25) is 5.02 Å². The van der Waals surface area contributed by atoms with Crippen LogP contribution < -0.4 is 0 Å². The molecule has 0 saturated heterocycles. The minimum Gasteiger partial charge on any atom is -0.0884 e. The summed E-state index contributed by atoms with van der Waals surface area (Å²) in [5.41, 5.74) is 4.51. The summed E-state index contributed by atoms with van der Waals surface area (Å²) in [6.45, 7) is 0. The van der Waals surface area contributed by atoms with E-state index < -0.39 is 0 Å². The Morgan fingerprint density at radius 1 is 1.14 bits per heavy atom. The average molecular weight is 362 g/mol. The summed E-state index contributed by atoms with van der Waals surface area (Å²) in [4.78, 5) is 0.553. The fourth-order valence-electron chi connectivity index (χ4n) is 4.14. The summed E-state index contributed by atoms with van der Waals surface area (Å²) in [5, 5.41) is 0.839. The lowest BCUT2D eigenvalue weighted by molar-refractivity contribution is 0.617. The van der Waals surface area contributed by atoms with Crippen molar-refractivity contribution in [3.05, 3.63) is 70.2 Å². The molecular formula is C19H18BrCl. The van der Waals surface area contributed by atoms with E-state index in [0.717, 1.165) is 29.2 Å². The zero-order valence-corrected chi connectivity index (χ0v) is 14.1. The molecule has 2 aliphatic rings. The van der Waals surface area contributed by atoms with Crippen molar-refractivity contribution in [2.24, 2.45) is 11.8 Å². The van der Waals surface area contributed by atoms with Gasteiger partial charge in [0.25, 0.3) is 0 Å². The Kier molecular flexibility index (Phi) is 3.59. The molecule has 0 nitrogen and oxygen atoms in total. The van der Waals surface area contributed by atoms with Gasteiger partial charge < -0.3 is 0 Å². The molecule has 0 spiro atoms. The number of benzene rings is 2. The molecule has 2 aromatic carbocycles. The molecule has 21 heavy (non-hydrogen) atoms.